The Bertz CT molecular complexity index is 1180. The highest BCUT2D eigenvalue weighted by molar-refractivity contribution is 5.99. The van der Waals surface area contributed by atoms with Crippen LogP contribution in [0.5, 0.6) is 0 Å². The van der Waals surface area contributed by atoms with Crippen molar-refractivity contribution in [1.29, 1.82) is 0 Å². The van der Waals surface area contributed by atoms with E-state index < -0.39 is 11.9 Å². The van der Waals surface area contributed by atoms with E-state index in [1.807, 2.05) is 49.4 Å². The zero-order valence-electron chi connectivity index (χ0n) is 17.4. The van der Waals surface area contributed by atoms with Gasteiger partial charge in [-0.3, -0.25) is 14.4 Å². The minimum absolute atomic E-state index is 0.131. The molecule has 154 valence electrons. The van der Waals surface area contributed by atoms with Crippen molar-refractivity contribution in [3.63, 3.8) is 0 Å². The number of aromatic amines is 1. The molecule has 0 bridgehead atoms. The number of nitrogens with zero attached hydrogens (tertiary/aromatic N) is 1. The van der Waals surface area contributed by atoms with E-state index in [2.05, 4.69) is 24.1 Å². The van der Waals surface area contributed by atoms with Crippen LogP contribution in [0.15, 0.2) is 53.3 Å². The standard InChI is InChI=1S/C24H25N3O3/c1-14(2)16-5-7-18(8-6-16)25-24(30)22(27-11-10-21(27)28)19-13-17-12-15(3)4-9-20(17)26-23(19)29/h4-9,12-14,22H,10-11H2,1-3H3,(H,25,30)(H,26,29)/t22-/m0/s1. The van der Waals surface area contributed by atoms with Gasteiger partial charge in [0.25, 0.3) is 11.5 Å². The fourth-order valence-electron chi connectivity index (χ4n) is 3.76. The normalized spacial score (nSPS) is 14.7. The Hall–Kier alpha value is -3.41. The number of likely N-dealkylation sites (tertiary alicyclic amines) is 1. The molecular formula is C24H25N3O3. The number of hydrogen-bond donors (Lipinski definition) is 2. The third kappa shape index (κ3) is 3.73. The first-order valence-corrected chi connectivity index (χ1v) is 10.2. The molecule has 2 heterocycles. The summed E-state index contributed by atoms with van der Waals surface area (Å²) in [7, 11) is 0. The fraction of sp³-hybridized carbons (Fsp3) is 0.292. The van der Waals surface area contributed by atoms with Crippen LogP contribution >= 0.6 is 0 Å². The molecule has 6 heteroatoms. The van der Waals surface area contributed by atoms with Crippen LogP contribution in [0, 0.1) is 6.92 Å². The van der Waals surface area contributed by atoms with Gasteiger partial charge in [0.1, 0.15) is 6.04 Å². The Labute approximate surface area is 174 Å². The molecule has 0 radical (unpaired) electrons. The lowest BCUT2D eigenvalue weighted by Gasteiger charge is -2.37. The van der Waals surface area contributed by atoms with E-state index in [-0.39, 0.29) is 17.0 Å². The Morgan fingerprint density at radius 3 is 2.40 bits per heavy atom. The number of benzene rings is 2. The number of β-lactam (4-membered cyclic amide) rings is 1. The SMILES string of the molecule is Cc1ccc2[nH]c(=O)c([C@@H](C(=O)Nc3ccc(C(C)C)cc3)N3CCC3=O)cc2c1. The molecular weight excluding hydrogens is 378 g/mol. The number of carbonyl (C=O) groups excluding carboxylic acids is 2. The maximum Gasteiger partial charge on any atom is 0.254 e. The fourth-order valence-corrected chi connectivity index (χ4v) is 3.76. The molecule has 2 amide bonds. The smallest absolute Gasteiger partial charge is 0.254 e. The van der Waals surface area contributed by atoms with E-state index in [1.165, 1.54) is 10.5 Å². The van der Waals surface area contributed by atoms with Crippen LogP contribution in [0.25, 0.3) is 10.9 Å². The van der Waals surface area contributed by atoms with Gasteiger partial charge >= 0.3 is 0 Å². The number of fused-ring (bicyclic) bond motifs is 1. The van der Waals surface area contributed by atoms with E-state index in [0.29, 0.717) is 30.1 Å². The quantitative estimate of drug-likeness (QED) is 0.635. The summed E-state index contributed by atoms with van der Waals surface area (Å²) in [6, 6.07) is 14.1. The molecule has 3 aromatic rings. The first kappa shape index (κ1) is 19.9. The van der Waals surface area contributed by atoms with E-state index >= 15 is 0 Å². The van der Waals surface area contributed by atoms with Crippen molar-refractivity contribution < 1.29 is 9.59 Å². The largest absolute Gasteiger partial charge is 0.326 e. The zero-order valence-corrected chi connectivity index (χ0v) is 17.4. The van der Waals surface area contributed by atoms with Crippen LogP contribution in [0.3, 0.4) is 0 Å². The lowest BCUT2D eigenvalue weighted by Crippen LogP contribution is -2.50. The molecule has 1 fully saturated rings. The zero-order chi connectivity index (χ0) is 21.4. The molecule has 0 unspecified atom stereocenters. The molecule has 1 saturated heterocycles. The van der Waals surface area contributed by atoms with Gasteiger partial charge in [-0.05, 0) is 54.1 Å². The second-order valence-corrected chi connectivity index (χ2v) is 8.15. The van der Waals surface area contributed by atoms with Crippen molar-refractivity contribution in [3.8, 4) is 0 Å². The molecule has 2 N–H and O–H groups in total. The lowest BCUT2D eigenvalue weighted by atomic mass is 9.99. The third-order valence-electron chi connectivity index (χ3n) is 5.61. The van der Waals surface area contributed by atoms with Crippen molar-refractivity contribution in [2.24, 2.45) is 0 Å². The summed E-state index contributed by atoms with van der Waals surface area (Å²) in [6.07, 6.45) is 0.386. The van der Waals surface area contributed by atoms with Gasteiger partial charge in [0.05, 0.1) is 0 Å². The number of carbonyl (C=O) groups is 2. The van der Waals surface area contributed by atoms with Gasteiger partial charge in [-0.25, -0.2) is 0 Å². The summed E-state index contributed by atoms with van der Waals surface area (Å²) >= 11 is 0. The Morgan fingerprint density at radius 2 is 1.80 bits per heavy atom. The van der Waals surface area contributed by atoms with Gasteiger partial charge in [0.15, 0.2) is 0 Å². The summed E-state index contributed by atoms with van der Waals surface area (Å²) in [5, 5.41) is 3.71. The summed E-state index contributed by atoms with van der Waals surface area (Å²) < 4.78 is 0. The molecule has 0 aliphatic carbocycles. The monoisotopic (exact) mass is 403 g/mol. The number of aryl methyl sites for hydroxylation is 1. The van der Waals surface area contributed by atoms with E-state index in [1.54, 1.807) is 6.07 Å². The van der Waals surface area contributed by atoms with Gasteiger partial charge < -0.3 is 15.2 Å². The van der Waals surface area contributed by atoms with Crippen LogP contribution in [0.1, 0.15) is 48.9 Å². The second kappa shape index (κ2) is 7.78. The number of aromatic nitrogens is 1. The molecule has 1 atom stereocenters. The first-order chi connectivity index (χ1) is 14.3. The summed E-state index contributed by atoms with van der Waals surface area (Å²) in [4.78, 5) is 42.5. The van der Waals surface area contributed by atoms with Crippen molar-refractivity contribution in [3.05, 3.63) is 75.6 Å². The first-order valence-electron chi connectivity index (χ1n) is 10.2. The average Bonchev–Trinajstić information content (AvgIpc) is 2.71. The van der Waals surface area contributed by atoms with Crippen LogP contribution < -0.4 is 10.9 Å². The Morgan fingerprint density at radius 1 is 1.07 bits per heavy atom. The molecule has 1 aromatic heterocycles. The molecule has 0 saturated carbocycles. The highest BCUT2D eigenvalue weighted by Gasteiger charge is 2.38. The number of hydrogen-bond acceptors (Lipinski definition) is 3. The van der Waals surface area contributed by atoms with Crippen molar-refractivity contribution in [2.75, 3.05) is 11.9 Å². The average molecular weight is 403 g/mol. The van der Waals surface area contributed by atoms with E-state index in [0.717, 1.165) is 10.9 Å². The van der Waals surface area contributed by atoms with Crippen LogP contribution in [0.4, 0.5) is 5.69 Å². The number of rotatable bonds is 5. The molecule has 30 heavy (non-hydrogen) atoms. The predicted octanol–water partition coefficient (Wildman–Crippen LogP) is 3.87. The number of pyridine rings is 1. The van der Waals surface area contributed by atoms with E-state index in [9.17, 15) is 14.4 Å². The number of H-pyrrole nitrogens is 1. The Balaban J connectivity index is 1.71. The van der Waals surface area contributed by atoms with Gasteiger partial charge in [-0.2, -0.15) is 0 Å². The summed E-state index contributed by atoms with van der Waals surface area (Å²) in [6.45, 7) is 6.63. The van der Waals surface area contributed by atoms with Crippen molar-refractivity contribution >= 4 is 28.4 Å². The number of nitrogens with one attached hydrogen (secondary N) is 2. The molecule has 2 aromatic carbocycles. The minimum atomic E-state index is -0.968. The second-order valence-electron chi connectivity index (χ2n) is 8.15. The minimum Gasteiger partial charge on any atom is -0.326 e. The predicted molar refractivity (Wildman–Crippen MR) is 118 cm³/mol. The summed E-state index contributed by atoms with van der Waals surface area (Å²) in [5.74, 6) is -0.132. The molecule has 6 nitrogen and oxygen atoms in total. The van der Waals surface area contributed by atoms with E-state index in [4.69, 9.17) is 0 Å². The van der Waals surface area contributed by atoms with Gasteiger partial charge in [0.2, 0.25) is 5.91 Å². The molecule has 1 aliphatic heterocycles. The highest BCUT2D eigenvalue weighted by atomic mass is 16.2. The van der Waals surface area contributed by atoms with Crippen LogP contribution in [-0.4, -0.2) is 28.2 Å². The highest BCUT2D eigenvalue weighted by Crippen LogP contribution is 2.28. The topological polar surface area (TPSA) is 82.3 Å². The van der Waals surface area contributed by atoms with Gasteiger partial charge in [-0.1, -0.05) is 37.6 Å². The van der Waals surface area contributed by atoms with Crippen molar-refractivity contribution in [2.45, 2.75) is 39.2 Å². The summed E-state index contributed by atoms with van der Waals surface area (Å²) in [5.41, 5.74) is 3.47. The van der Waals surface area contributed by atoms with Crippen molar-refractivity contribution in [1.82, 2.24) is 9.88 Å². The lowest BCUT2D eigenvalue weighted by molar-refractivity contribution is -0.147. The maximum atomic E-state index is 13.2. The Kier molecular flexibility index (Phi) is 5.16. The molecule has 4 rings (SSSR count). The molecule has 1 aliphatic rings. The molecule has 0 spiro atoms. The maximum absolute atomic E-state index is 13.2. The third-order valence-corrected chi connectivity index (χ3v) is 5.61. The van der Waals surface area contributed by atoms with Gasteiger partial charge in [-0.15, -0.1) is 0 Å². The van der Waals surface area contributed by atoms with Crippen LogP contribution in [-0.2, 0) is 9.59 Å². The number of amides is 2. The van der Waals surface area contributed by atoms with Gasteiger partial charge in [0, 0.05) is 29.7 Å². The number of anilines is 1. The van der Waals surface area contributed by atoms with Crippen LogP contribution in [0.2, 0.25) is 0 Å².